The molecule has 1 aromatic heterocycles. The highest BCUT2D eigenvalue weighted by atomic mass is 79.9. The van der Waals surface area contributed by atoms with Crippen molar-refractivity contribution < 1.29 is 0 Å². The summed E-state index contributed by atoms with van der Waals surface area (Å²) in [5.74, 6) is 6.53. The van der Waals surface area contributed by atoms with Crippen LogP contribution in [0.1, 0.15) is 5.56 Å². The molecule has 0 atom stereocenters. The molecule has 4 N–H and O–H groups in total. The van der Waals surface area contributed by atoms with E-state index in [-0.39, 0.29) is 0 Å². The fourth-order valence-electron chi connectivity index (χ4n) is 1.63. The second-order valence-corrected chi connectivity index (χ2v) is 5.58. The molecule has 1 aromatic carbocycles. The van der Waals surface area contributed by atoms with E-state index in [0.717, 1.165) is 12.0 Å². The molecule has 5 nitrogen and oxygen atoms in total. The minimum Gasteiger partial charge on any atom is -0.369 e. The lowest BCUT2D eigenvalue weighted by Crippen LogP contribution is -2.12. The van der Waals surface area contributed by atoms with Crippen LogP contribution in [0.2, 0.25) is 10.0 Å². The van der Waals surface area contributed by atoms with Crippen LogP contribution in [0, 0.1) is 0 Å². The van der Waals surface area contributed by atoms with Gasteiger partial charge in [-0.3, -0.25) is 0 Å². The van der Waals surface area contributed by atoms with Gasteiger partial charge in [0.15, 0.2) is 5.82 Å². The van der Waals surface area contributed by atoms with Crippen molar-refractivity contribution in [1.82, 2.24) is 9.97 Å². The van der Waals surface area contributed by atoms with Gasteiger partial charge in [0.05, 0.1) is 0 Å². The Hall–Kier alpha value is -1.08. The first-order valence-corrected chi connectivity index (χ1v) is 7.31. The molecule has 0 aliphatic carbocycles. The number of nitrogens with one attached hydrogen (secondary N) is 2. The molecular weight excluding hydrogens is 365 g/mol. The molecule has 0 aliphatic rings. The standard InChI is InChI=1S/C12H12BrCl2N5/c13-10-11(18-6-19-12(10)20-16)17-4-3-7-1-2-8(14)5-9(7)15/h1-2,5-6H,3-4,16H2,(H2,17,18,19,20). The van der Waals surface area contributed by atoms with Crippen molar-refractivity contribution in [2.24, 2.45) is 5.84 Å². The highest BCUT2D eigenvalue weighted by Gasteiger charge is 2.07. The Labute approximate surface area is 135 Å². The lowest BCUT2D eigenvalue weighted by Gasteiger charge is -2.10. The van der Waals surface area contributed by atoms with E-state index in [0.29, 0.717) is 32.7 Å². The van der Waals surface area contributed by atoms with Crippen LogP contribution in [0.3, 0.4) is 0 Å². The third-order valence-corrected chi connectivity index (χ3v) is 3.97. The van der Waals surface area contributed by atoms with Gasteiger partial charge in [0.1, 0.15) is 16.6 Å². The first kappa shape index (κ1) is 15.3. The number of nitrogens with two attached hydrogens (primary N) is 1. The van der Waals surface area contributed by atoms with Gasteiger partial charge in [0.25, 0.3) is 0 Å². The third-order valence-electron chi connectivity index (χ3n) is 2.63. The van der Waals surface area contributed by atoms with Crippen LogP contribution in [0.15, 0.2) is 29.0 Å². The van der Waals surface area contributed by atoms with Crippen molar-refractivity contribution in [2.75, 3.05) is 17.3 Å². The van der Waals surface area contributed by atoms with Gasteiger partial charge < -0.3 is 10.7 Å². The third kappa shape index (κ3) is 3.73. The van der Waals surface area contributed by atoms with Crippen LogP contribution in [-0.4, -0.2) is 16.5 Å². The summed E-state index contributed by atoms with van der Waals surface area (Å²) in [6, 6.07) is 5.46. The number of anilines is 2. The van der Waals surface area contributed by atoms with E-state index in [4.69, 9.17) is 29.0 Å². The molecule has 0 bridgehead atoms. The highest BCUT2D eigenvalue weighted by Crippen LogP contribution is 2.26. The quantitative estimate of drug-likeness (QED) is 0.550. The molecule has 0 saturated heterocycles. The molecular formula is C12H12BrCl2N5. The van der Waals surface area contributed by atoms with E-state index in [1.54, 1.807) is 6.07 Å². The summed E-state index contributed by atoms with van der Waals surface area (Å²) in [6.07, 6.45) is 2.18. The Morgan fingerprint density at radius 3 is 2.65 bits per heavy atom. The van der Waals surface area contributed by atoms with E-state index in [9.17, 15) is 0 Å². The van der Waals surface area contributed by atoms with Crippen LogP contribution in [-0.2, 0) is 6.42 Å². The average molecular weight is 377 g/mol. The van der Waals surface area contributed by atoms with Crippen LogP contribution in [0.4, 0.5) is 11.6 Å². The Bertz CT molecular complexity index is 608. The van der Waals surface area contributed by atoms with Gasteiger partial charge in [-0.05, 0) is 40.0 Å². The summed E-state index contributed by atoms with van der Waals surface area (Å²) in [5.41, 5.74) is 3.50. The summed E-state index contributed by atoms with van der Waals surface area (Å²) in [4.78, 5) is 8.11. The van der Waals surface area contributed by atoms with Gasteiger partial charge in [-0.25, -0.2) is 15.8 Å². The Kier molecular flexibility index (Phi) is 5.42. The predicted molar refractivity (Wildman–Crippen MR) is 86.2 cm³/mol. The Morgan fingerprint density at radius 2 is 1.95 bits per heavy atom. The van der Waals surface area contributed by atoms with Gasteiger partial charge >= 0.3 is 0 Å². The maximum atomic E-state index is 6.12. The van der Waals surface area contributed by atoms with Gasteiger partial charge in [0, 0.05) is 16.6 Å². The number of nitrogen functional groups attached to an aromatic ring is 1. The van der Waals surface area contributed by atoms with Crippen LogP contribution in [0.5, 0.6) is 0 Å². The van der Waals surface area contributed by atoms with Gasteiger partial charge in [-0.1, -0.05) is 29.3 Å². The molecule has 106 valence electrons. The summed E-state index contributed by atoms with van der Waals surface area (Å²) >= 11 is 15.4. The zero-order valence-electron chi connectivity index (χ0n) is 10.3. The van der Waals surface area contributed by atoms with Crippen LogP contribution in [0.25, 0.3) is 0 Å². The van der Waals surface area contributed by atoms with E-state index >= 15 is 0 Å². The number of aromatic nitrogens is 2. The normalized spacial score (nSPS) is 10.4. The summed E-state index contributed by atoms with van der Waals surface area (Å²) in [5, 5.41) is 4.48. The topological polar surface area (TPSA) is 75.9 Å². The molecule has 0 amide bonds. The number of nitrogens with zero attached hydrogens (tertiary/aromatic N) is 2. The molecule has 0 radical (unpaired) electrons. The molecule has 0 saturated carbocycles. The zero-order chi connectivity index (χ0) is 14.5. The minimum atomic E-state index is 0.520. The van der Waals surface area contributed by atoms with E-state index < -0.39 is 0 Å². The maximum Gasteiger partial charge on any atom is 0.159 e. The Morgan fingerprint density at radius 1 is 1.20 bits per heavy atom. The molecule has 0 unspecified atom stereocenters. The van der Waals surface area contributed by atoms with Gasteiger partial charge in [-0.15, -0.1) is 0 Å². The molecule has 0 fully saturated rings. The van der Waals surface area contributed by atoms with Gasteiger partial charge in [-0.2, -0.15) is 0 Å². The number of halogens is 3. The first-order valence-electron chi connectivity index (χ1n) is 5.76. The van der Waals surface area contributed by atoms with Crippen molar-refractivity contribution in [3.8, 4) is 0 Å². The number of rotatable bonds is 5. The number of hydrogen-bond donors (Lipinski definition) is 3. The van der Waals surface area contributed by atoms with Crippen LogP contribution < -0.4 is 16.6 Å². The zero-order valence-corrected chi connectivity index (χ0v) is 13.4. The Balaban J connectivity index is 1.99. The maximum absolute atomic E-state index is 6.12. The molecule has 1 heterocycles. The average Bonchev–Trinajstić information content (AvgIpc) is 2.43. The first-order chi connectivity index (χ1) is 9.61. The largest absolute Gasteiger partial charge is 0.369 e. The smallest absolute Gasteiger partial charge is 0.159 e. The predicted octanol–water partition coefficient (Wildman–Crippen LogP) is 3.49. The van der Waals surface area contributed by atoms with Crippen molar-refractivity contribution in [1.29, 1.82) is 0 Å². The van der Waals surface area contributed by atoms with Crippen LogP contribution >= 0.6 is 39.1 Å². The number of hydrazine groups is 1. The van der Waals surface area contributed by atoms with Crippen molar-refractivity contribution in [3.63, 3.8) is 0 Å². The molecule has 0 aliphatic heterocycles. The SMILES string of the molecule is NNc1ncnc(NCCc2ccc(Cl)cc2Cl)c1Br. The lowest BCUT2D eigenvalue weighted by atomic mass is 10.1. The second-order valence-electron chi connectivity index (χ2n) is 3.94. The van der Waals surface area contributed by atoms with E-state index in [1.807, 2.05) is 12.1 Å². The van der Waals surface area contributed by atoms with Crippen molar-refractivity contribution in [3.05, 3.63) is 44.6 Å². The van der Waals surface area contributed by atoms with Crippen molar-refractivity contribution >= 4 is 50.8 Å². The monoisotopic (exact) mass is 375 g/mol. The second kappa shape index (κ2) is 7.08. The molecule has 0 spiro atoms. The summed E-state index contributed by atoms with van der Waals surface area (Å²) < 4.78 is 0.685. The molecule has 20 heavy (non-hydrogen) atoms. The summed E-state index contributed by atoms with van der Waals surface area (Å²) in [7, 11) is 0. The molecule has 2 rings (SSSR count). The lowest BCUT2D eigenvalue weighted by molar-refractivity contribution is 0.994. The van der Waals surface area contributed by atoms with Crippen molar-refractivity contribution in [2.45, 2.75) is 6.42 Å². The van der Waals surface area contributed by atoms with E-state index in [1.165, 1.54) is 6.33 Å². The molecule has 2 aromatic rings. The fourth-order valence-corrected chi connectivity index (χ4v) is 2.60. The van der Waals surface area contributed by atoms with Gasteiger partial charge in [0.2, 0.25) is 0 Å². The molecule has 8 heteroatoms. The highest BCUT2D eigenvalue weighted by molar-refractivity contribution is 9.10. The summed E-state index contributed by atoms with van der Waals surface area (Å²) in [6.45, 7) is 0.668. The fraction of sp³-hybridized carbons (Fsp3) is 0.167. The minimum absolute atomic E-state index is 0.520. The number of benzene rings is 1. The van der Waals surface area contributed by atoms with E-state index in [2.05, 4.69) is 36.6 Å². The number of hydrogen-bond acceptors (Lipinski definition) is 5.